The van der Waals surface area contributed by atoms with Gasteiger partial charge in [0.05, 0.1) is 25.1 Å². The Labute approximate surface area is 171 Å². The van der Waals surface area contributed by atoms with E-state index in [2.05, 4.69) is 10.2 Å². The van der Waals surface area contributed by atoms with Crippen LogP contribution in [0.15, 0.2) is 36.5 Å². The lowest BCUT2D eigenvalue weighted by Gasteiger charge is -2.41. The standard InChI is InChI=1S/C18H25N3O9/c22-7-11(24)13(25)17(10-6-19-21(20-10)9-4-2-1-3-5-9)30-18-16(28)15(27)14(26)12(8-23)29-18/h1-6,11-18,22-28H,7-8H2/t11-,12-,13-,14-,15+,16-,17-,18-/m1/s1. The third kappa shape index (κ3) is 4.67. The van der Waals surface area contributed by atoms with Gasteiger partial charge in [-0.1, -0.05) is 18.2 Å². The van der Waals surface area contributed by atoms with Crippen LogP contribution in [0.25, 0.3) is 5.69 Å². The van der Waals surface area contributed by atoms with Crippen molar-refractivity contribution < 1.29 is 45.2 Å². The molecule has 12 nitrogen and oxygen atoms in total. The average Bonchev–Trinajstić information content (AvgIpc) is 3.26. The number of benzene rings is 1. The molecule has 1 aliphatic heterocycles. The zero-order valence-corrected chi connectivity index (χ0v) is 15.8. The molecule has 1 saturated heterocycles. The summed E-state index contributed by atoms with van der Waals surface area (Å²) in [6.45, 7) is -1.45. The van der Waals surface area contributed by atoms with Crippen LogP contribution in [0.2, 0.25) is 0 Å². The molecule has 2 heterocycles. The molecular formula is C18H25N3O9. The van der Waals surface area contributed by atoms with Crippen LogP contribution < -0.4 is 0 Å². The van der Waals surface area contributed by atoms with Crippen molar-refractivity contribution in [2.24, 2.45) is 0 Å². The third-order valence-corrected chi connectivity index (χ3v) is 4.81. The maximum absolute atomic E-state index is 10.5. The predicted molar refractivity (Wildman–Crippen MR) is 98.1 cm³/mol. The fraction of sp³-hybridized carbons (Fsp3) is 0.556. The Bertz CT molecular complexity index is 790. The van der Waals surface area contributed by atoms with Gasteiger partial charge in [-0.25, -0.2) is 0 Å². The van der Waals surface area contributed by atoms with Gasteiger partial charge in [-0.3, -0.25) is 0 Å². The second-order valence-corrected chi connectivity index (χ2v) is 6.89. The minimum atomic E-state index is -1.73. The fourth-order valence-corrected chi connectivity index (χ4v) is 3.05. The Kier molecular flexibility index (Phi) is 7.46. The highest BCUT2D eigenvalue weighted by Crippen LogP contribution is 2.29. The van der Waals surface area contributed by atoms with Gasteiger partial charge in [-0.05, 0) is 12.1 Å². The molecule has 0 aliphatic carbocycles. The van der Waals surface area contributed by atoms with Crippen molar-refractivity contribution in [3.05, 3.63) is 42.2 Å². The Balaban J connectivity index is 1.87. The topological polar surface area (TPSA) is 191 Å². The zero-order chi connectivity index (χ0) is 21.8. The van der Waals surface area contributed by atoms with Gasteiger partial charge in [0.2, 0.25) is 0 Å². The van der Waals surface area contributed by atoms with E-state index in [1.165, 1.54) is 11.0 Å². The zero-order valence-electron chi connectivity index (χ0n) is 15.8. The van der Waals surface area contributed by atoms with Crippen molar-refractivity contribution in [3.63, 3.8) is 0 Å². The summed E-state index contributed by atoms with van der Waals surface area (Å²) < 4.78 is 10.9. The number of hydrogen-bond acceptors (Lipinski definition) is 11. The quantitative estimate of drug-likeness (QED) is 0.225. The highest BCUT2D eigenvalue weighted by molar-refractivity contribution is 5.28. The molecular weight excluding hydrogens is 402 g/mol. The molecule has 0 unspecified atom stereocenters. The molecule has 0 radical (unpaired) electrons. The van der Waals surface area contributed by atoms with Crippen LogP contribution >= 0.6 is 0 Å². The van der Waals surface area contributed by atoms with E-state index in [4.69, 9.17) is 9.47 Å². The minimum Gasteiger partial charge on any atom is -0.394 e. The van der Waals surface area contributed by atoms with Gasteiger partial charge in [0.25, 0.3) is 0 Å². The molecule has 1 aliphatic rings. The Morgan fingerprint density at radius 1 is 1.03 bits per heavy atom. The number of nitrogens with zero attached hydrogens (tertiary/aromatic N) is 3. The molecule has 0 saturated carbocycles. The first-order chi connectivity index (χ1) is 14.4. The van der Waals surface area contributed by atoms with Crippen molar-refractivity contribution in [1.29, 1.82) is 0 Å². The van der Waals surface area contributed by atoms with E-state index in [1.807, 2.05) is 0 Å². The molecule has 0 amide bonds. The van der Waals surface area contributed by atoms with Gasteiger partial charge in [0, 0.05) is 0 Å². The monoisotopic (exact) mass is 427 g/mol. The molecule has 1 aromatic heterocycles. The van der Waals surface area contributed by atoms with E-state index in [1.54, 1.807) is 30.3 Å². The highest BCUT2D eigenvalue weighted by Gasteiger charge is 2.46. The van der Waals surface area contributed by atoms with Crippen LogP contribution in [0, 0.1) is 0 Å². The summed E-state index contributed by atoms with van der Waals surface area (Å²) in [5.74, 6) is 0. The Morgan fingerprint density at radius 2 is 1.73 bits per heavy atom. The number of hydrogen-bond donors (Lipinski definition) is 7. The number of aromatic nitrogens is 3. The molecule has 3 rings (SSSR count). The van der Waals surface area contributed by atoms with E-state index in [0.717, 1.165) is 0 Å². The van der Waals surface area contributed by atoms with Crippen molar-refractivity contribution >= 4 is 0 Å². The minimum absolute atomic E-state index is 0.0378. The molecule has 7 N–H and O–H groups in total. The lowest BCUT2D eigenvalue weighted by atomic mass is 9.99. The van der Waals surface area contributed by atoms with Gasteiger partial charge in [0.1, 0.15) is 48.4 Å². The van der Waals surface area contributed by atoms with Crippen LogP contribution in [0.5, 0.6) is 0 Å². The van der Waals surface area contributed by atoms with E-state index in [0.29, 0.717) is 5.69 Å². The first kappa shape index (κ1) is 22.7. The van der Waals surface area contributed by atoms with Gasteiger partial charge in [-0.15, -0.1) is 0 Å². The smallest absolute Gasteiger partial charge is 0.187 e. The van der Waals surface area contributed by atoms with Crippen molar-refractivity contribution in [1.82, 2.24) is 15.0 Å². The summed E-state index contributed by atoms with van der Waals surface area (Å²) in [5, 5.41) is 77.2. The van der Waals surface area contributed by atoms with E-state index < -0.39 is 62.2 Å². The van der Waals surface area contributed by atoms with E-state index in [-0.39, 0.29) is 5.69 Å². The maximum Gasteiger partial charge on any atom is 0.187 e. The van der Waals surface area contributed by atoms with Crippen LogP contribution in [0.4, 0.5) is 0 Å². The number of para-hydroxylation sites is 1. The van der Waals surface area contributed by atoms with E-state index >= 15 is 0 Å². The molecule has 0 spiro atoms. The molecule has 1 fully saturated rings. The summed E-state index contributed by atoms with van der Waals surface area (Å²) in [7, 11) is 0. The maximum atomic E-state index is 10.5. The van der Waals surface area contributed by atoms with Crippen LogP contribution in [0.1, 0.15) is 11.8 Å². The van der Waals surface area contributed by atoms with Crippen LogP contribution in [0.3, 0.4) is 0 Å². The summed E-state index contributed by atoms with van der Waals surface area (Å²) >= 11 is 0. The van der Waals surface area contributed by atoms with Gasteiger partial charge >= 0.3 is 0 Å². The number of aliphatic hydroxyl groups excluding tert-OH is 7. The third-order valence-electron chi connectivity index (χ3n) is 4.81. The van der Waals surface area contributed by atoms with Gasteiger partial charge in [0.15, 0.2) is 6.29 Å². The molecule has 166 valence electrons. The summed E-state index contributed by atoms with van der Waals surface area (Å²) in [6.07, 6.45) is -11.3. The van der Waals surface area contributed by atoms with Gasteiger partial charge in [-0.2, -0.15) is 15.0 Å². The number of rotatable bonds is 8. The van der Waals surface area contributed by atoms with Crippen molar-refractivity contribution in [3.8, 4) is 5.69 Å². The summed E-state index contributed by atoms with van der Waals surface area (Å²) in [4.78, 5) is 1.25. The largest absolute Gasteiger partial charge is 0.394 e. The Morgan fingerprint density at radius 3 is 2.37 bits per heavy atom. The second-order valence-electron chi connectivity index (χ2n) is 6.89. The highest BCUT2D eigenvalue weighted by atomic mass is 16.7. The molecule has 12 heteroatoms. The van der Waals surface area contributed by atoms with Gasteiger partial charge < -0.3 is 45.2 Å². The first-order valence-corrected chi connectivity index (χ1v) is 9.28. The molecule has 8 atom stereocenters. The van der Waals surface area contributed by atoms with Crippen molar-refractivity contribution in [2.45, 2.75) is 49.0 Å². The molecule has 0 bridgehead atoms. The predicted octanol–water partition coefficient (Wildman–Crippen LogP) is -3.16. The lowest BCUT2D eigenvalue weighted by Crippen LogP contribution is -2.59. The summed E-state index contributed by atoms with van der Waals surface area (Å²) in [6, 6.07) is 8.81. The average molecular weight is 427 g/mol. The molecule has 2 aromatic rings. The summed E-state index contributed by atoms with van der Waals surface area (Å²) in [5.41, 5.74) is 0.642. The van der Waals surface area contributed by atoms with E-state index in [9.17, 15) is 35.7 Å². The normalized spacial score (nSPS) is 30.0. The molecule has 30 heavy (non-hydrogen) atoms. The molecule has 1 aromatic carbocycles. The van der Waals surface area contributed by atoms with Crippen molar-refractivity contribution in [2.75, 3.05) is 13.2 Å². The lowest BCUT2D eigenvalue weighted by molar-refractivity contribution is -0.321. The van der Waals surface area contributed by atoms with Crippen LogP contribution in [-0.4, -0.2) is 107 Å². The second kappa shape index (κ2) is 9.87. The number of ether oxygens (including phenoxy) is 2. The fourth-order valence-electron chi connectivity index (χ4n) is 3.05. The Hall–Kier alpha value is -2.00. The number of aliphatic hydroxyl groups is 7. The SMILES string of the molecule is OC[C@@H](O)[C@@H](O)[C@H](O[C@H]1O[C@H](CO)[C@@H](O)[C@H](O)[C@H]1O)c1cnn(-c2ccccc2)n1. The van der Waals surface area contributed by atoms with Crippen LogP contribution in [-0.2, 0) is 9.47 Å². The first-order valence-electron chi connectivity index (χ1n) is 9.28.